The van der Waals surface area contributed by atoms with Crippen LogP contribution in [0.2, 0.25) is 5.02 Å². The van der Waals surface area contributed by atoms with Gasteiger partial charge in [0.15, 0.2) is 0 Å². The van der Waals surface area contributed by atoms with Crippen molar-refractivity contribution in [1.29, 1.82) is 0 Å². The molecular weight excluding hydrogens is 236 g/mol. The largest absolute Gasteiger partial charge is 0.337 e. The number of benzene rings is 1. The highest BCUT2D eigenvalue weighted by molar-refractivity contribution is 6.34. The van der Waals surface area contributed by atoms with Crippen molar-refractivity contribution in [2.24, 2.45) is 0 Å². The zero-order valence-electron chi connectivity index (χ0n) is 10.2. The molecule has 4 heteroatoms. The normalized spacial score (nSPS) is 19.4. The van der Waals surface area contributed by atoms with Gasteiger partial charge in [-0.2, -0.15) is 0 Å². The number of hydrogen-bond donors (Lipinski definition) is 1. The first-order valence-electron chi connectivity index (χ1n) is 5.84. The standard InChI is InChI=1S/C13H17ClN2O/c1-9-4-3-5-11(12(9)14)13(17)16(2)10-6-7-15-8-10/h3-5,10,15H,6-8H2,1-2H3. The molecule has 1 aromatic carbocycles. The fourth-order valence-corrected chi connectivity index (χ4v) is 2.35. The summed E-state index contributed by atoms with van der Waals surface area (Å²) in [6, 6.07) is 5.85. The molecule has 1 atom stereocenters. The second-order valence-corrected chi connectivity index (χ2v) is 4.88. The molecule has 0 bridgehead atoms. The second kappa shape index (κ2) is 5.07. The highest BCUT2D eigenvalue weighted by atomic mass is 35.5. The number of hydrogen-bond acceptors (Lipinski definition) is 2. The van der Waals surface area contributed by atoms with Crippen LogP contribution in [0.1, 0.15) is 22.3 Å². The Hall–Kier alpha value is -1.06. The van der Waals surface area contributed by atoms with Gasteiger partial charge in [-0.1, -0.05) is 23.7 Å². The van der Waals surface area contributed by atoms with E-state index in [0.717, 1.165) is 25.1 Å². The summed E-state index contributed by atoms with van der Waals surface area (Å²) in [6.07, 6.45) is 1.01. The van der Waals surface area contributed by atoms with Crippen molar-refractivity contribution >= 4 is 17.5 Å². The van der Waals surface area contributed by atoms with Gasteiger partial charge in [0.05, 0.1) is 10.6 Å². The van der Waals surface area contributed by atoms with Gasteiger partial charge in [0.25, 0.3) is 5.91 Å². The molecular formula is C13H17ClN2O. The van der Waals surface area contributed by atoms with Gasteiger partial charge >= 0.3 is 0 Å². The van der Waals surface area contributed by atoms with E-state index in [-0.39, 0.29) is 11.9 Å². The van der Waals surface area contributed by atoms with E-state index in [4.69, 9.17) is 11.6 Å². The Balaban J connectivity index is 2.21. The van der Waals surface area contributed by atoms with Crippen LogP contribution in [-0.2, 0) is 0 Å². The minimum atomic E-state index is 0.00685. The van der Waals surface area contributed by atoms with E-state index in [9.17, 15) is 4.79 Å². The van der Waals surface area contributed by atoms with Gasteiger partial charge < -0.3 is 10.2 Å². The van der Waals surface area contributed by atoms with Gasteiger partial charge in [-0.25, -0.2) is 0 Å². The molecule has 3 nitrogen and oxygen atoms in total. The maximum absolute atomic E-state index is 12.3. The van der Waals surface area contributed by atoms with Crippen LogP contribution in [-0.4, -0.2) is 37.0 Å². The van der Waals surface area contributed by atoms with E-state index in [1.807, 2.05) is 26.1 Å². The zero-order chi connectivity index (χ0) is 12.4. The zero-order valence-corrected chi connectivity index (χ0v) is 10.9. The predicted octanol–water partition coefficient (Wildman–Crippen LogP) is 2.08. The van der Waals surface area contributed by atoms with Crippen LogP contribution in [0.4, 0.5) is 0 Å². The van der Waals surface area contributed by atoms with E-state index in [1.165, 1.54) is 0 Å². The van der Waals surface area contributed by atoms with Crippen LogP contribution in [0, 0.1) is 6.92 Å². The third-order valence-corrected chi connectivity index (χ3v) is 3.83. The number of nitrogens with one attached hydrogen (secondary N) is 1. The highest BCUT2D eigenvalue weighted by Crippen LogP contribution is 2.22. The van der Waals surface area contributed by atoms with Crippen molar-refractivity contribution in [3.8, 4) is 0 Å². The predicted molar refractivity (Wildman–Crippen MR) is 69.6 cm³/mol. The minimum absolute atomic E-state index is 0.00685. The molecule has 0 radical (unpaired) electrons. The van der Waals surface area contributed by atoms with Crippen LogP contribution < -0.4 is 5.32 Å². The molecule has 0 aliphatic carbocycles. The number of nitrogens with zero attached hydrogens (tertiary/aromatic N) is 1. The molecule has 0 aromatic heterocycles. The molecule has 0 saturated carbocycles. The van der Waals surface area contributed by atoms with Crippen LogP contribution in [0.3, 0.4) is 0 Å². The second-order valence-electron chi connectivity index (χ2n) is 4.50. The maximum Gasteiger partial charge on any atom is 0.255 e. The summed E-state index contributed by atoms with van der Waals surface area (Å²) in [5.41, 5.74) is 1.54. The van der Waals surface area contributed by atoms with Crippen molar-refractivity contribution < 1.29 is 4.79 Å². The molecule has 1 heterocycles. The first kappa shape index (κ1) is 12.4. The highest BCUT2D eigenvalue weighted by Gasteiger charge is 2.25. The number of amides is 1. The summed E-state index contributed by atoms with van der Waals surface area (Å²) in [4.78, 5) is 14.1. The van der Waals surface area contributed by atoms with Gasteiger partial charge in [0, 0.05) is 19.6 Å². The summed E-state index contributed by atoms with van der Waals surface area (Å²) >= 11 is 6.18. The summed E-state index contributed by atoms with van der Waals surface area (Å²) in [6.45, 7) is 3.76. The van der Waals surface area contributed by atoms with Crippen molar-refractivity contribution in [1.82, 2.24) is 10.2 Å². The number of carbonyl (C=O) groups is 1. The van der Waals surface area contributed by atoms with E-state index >= 15 is 0 Å². The Kier molecular flexibility index (Phi) is 3.69. The minimum Gasteiger partial charge on any atom is -0.337 e. The van der Waals surface area contributed by atoms with E-state index in [0.29, 0.717) is 10.6 Å². The lowest BCUT2D eigenvalue weighted by atomic mass is 10.1. The fourth-order valence-electron chi connectivity index (χ4n) is 2.14. The first-order valence-corrected chi connectivity index (χ1v) is 6.22. The summed E-state index contributed by atoms with van der Waals surface area (Å²) in [7, 11) is 1.85. The topological polar surface area (TPSA) is 32.3 Å². The van der Waals surface area contributed by atoms with Gasteiger partial charge in [-0.15, -0.1) is 0 Å². The van der Waals surface area contributed by atoms with Crippen LogP contribution in [0.5, 0.6) is 0 Å². The molecule has 1 saturated heterocycles. The molecule has 1 aliphatic heterocycles. The molecule has 1 amide bonds. The van der Waals surface area contributed by atoms with Crippen molar-refractivity contribution in [2.45, 2.75) is 19.4 Å². The number of carbonyl (C=O) groups excluding carboxylic acids is 1. The van der Waals surface area contributed by atoms with E-state index < -0.39 is 0 Å². The lowest BCUT2D eigenvalue weighted by Gasteiger charge is -2.24. The number of aryl methyl sites for hydroxylation is 1. The summed E-state index contributed by atoms with van der Waals surface area (Å²) in [5.74, 6) is 0.00685. The average Bonchev–Trinajstić information content (AvgIpc) is 2.84. The molecule has 1 N–H and O–H groups in total. The molecule has 2 rings (SSSR count). The lowest BCUT2D eigenvalue weighted by molar-refractivity contribution is 0.0744. The third kappa shape index (κ3) is 2.45. The van der Waals surface area contributed by atoms with Crippen molar-refractivity contribution in [3.63, 3.8) is 0 Å². The molecule has 17 heavy (non-hydrogen) atoms. The fraction of sp³-hybridized carbons (Fsp3) is 0.462. The molecule has 1 unspecified atom stereocenters. The SMILES string of the molecule is Cc1cccc(C(=O)N(C)C2CCNC2)c1Cl. The van der Waals surface area contributed by atoms with Crippen LogP contribution in [0.15, 0.2) is 18.2 Å². The lowest BCUT2D eigenvalue weighted by Crippen LogP contribution is -2.38. The summed E-state index contributed by atoms with van der Waals surface area (Å²) < 4.78 is 0. The van der Waals surface area contributed by atoms with Crippen LogP contribution >= 0.6 is 11.6 Å². The number of likely N-dealkylation sites (N-methyl/N-ethyl adjacent to an activating group) is 1. The van der Waals surface area contributed by atoms with Gasteiger partial charge in [0.1, 0.15) is 0 Å². The Bertz CT molecular complexity index is 427. The number of rotatable bonds is 2. The quantitative estimate of drug-likeness (QED) is 0.874. The van der Waals surface area contributed by atoms with Gasteiger partial charge in [-0.3, -0.25) is 4.79 Å². The van der Waals surface area contributed by atoms with E-state index in [2.05, 4.69) is 5.32 Å². The molecule has 1 fully saturated rings. The van der Waals surface area contributed by atoms with Crippen LogP contribution in [0.25, 0.3) is 0 Å². The van der Waals surface area contributed by atoms with Crippen molar-refractivity contribution in [2.75, 3.05) is 20.1 Å². The van der Waals surface area contributed by atoms with Crippen molar-refractivity contribution in [3.05, 3.63) is 34.3 Å². The molecule has 0 spiro atoms. The third-order valence-electron chi connectivity index (χ3n) is 3.32. The molecule has 1 aromatic rings. The molecule has 1 aliphatic rings. The average molecular weight is 253 g/mol. The maximum atomic E-state index is 12.3. The Morgan fingerprint density at radius 2 is 2.29 bits per heavy atom. The Labute approximate surface area is 107 Å². The molecule has 92 valence electrons. The summed E-state index contributed by atoms with van der Waals surface area (Å²) in [5, 5.41) is 3.82. The Morgan fingerprint density at radius 3 is 2.94 bits per heavy atom. The first-order chi connectivity index (χ1) is 8.11. The number of halogens is 1. The smallest absolute Gasteiger partial charge is 0.255 e. The van der Waals surface area contributed by atoms with E-state index in [1.54, 1.807) is 11.0 Å². The van der Waals surface area contributed by atoms with Gasteiger partial charge in [-0.05, 0) is 31.5 Å². The monoisotopic (exact) mass is 252 g/mol. The Morgan fingerprint density at radius 1 is 1.53 bits per heavy atom. The van der Waals surface area contributed by atoms with Gasteiger partial charge in [0.2, 0.25) is 0 Å².